The van der Waals surface area contributed by atoms with Crippen LogP contribution in [0.15, 0.2) is 0 Å². The van der Waals surface area contributed by atoms with Crippen molar-refractivity contribution in [3.05, 3.63) is 0 Å². The first-order chi connectivity index (χ1) is 9.14. The van der Waals surface area contributed by atoms with Gasteiger partial charge in [-0.3, -0.25) is 4.79 Å². The maximum absolute atomic E-state index is 12.4. The monoisotopic (exact) mass is 267 g/mol. The van der Waals surface area contributed by atoms with Crippen LogP contribution in [0, 0.1) is 0 Å². The lowest BCUT2D eigenvalue weighted by atomic mass is 9.94. The minimum absolute atomic E-state index is 0.0988. The third-order valence-electron chi connectivity index (χ3n) is 4.71. The number of carbonyl (C=O) groups excluding carboxylic acids is 1. The minimum Gasteiger partial charge on any atom is -0.339 e. The fraction of sp³-hybridized carbons (Fsp3) is 0.933. The van der Waals surface area contributed by atoms with Gasteiger partial charge in [0.25, 0.3) is 0 Å². The summed E-state index contributed by atoms with van der Waals surface area (Å²) in [6.07, 6.45) is 7.39. The largest absolute Gasteiger partial charge is 0.339 e. The summed E-state index contributed by atoms with van der Waals surface area (Å²) in [4.78, 5) is 14.5. The smallest absolute Gasteiger partial charge is 0.236 e. The number of nitrogens with one attached hydrogen (secondary N) is 2. The summed E-state index contributed by atoms with van der Waals surface area (Å²) in [5.74, 6) is 0.280. The highest BCUT2D eigenvalue weighted by molar-refractivity contribution is 5.78. The van der Waals surface area contributed by atoms with Gasteiger partial charge in [-0.1, -0.05) is 19.3 Å². The molecule has 1 saturated carbocycles. The van der Waals surface area contributed by atoms with Gasteiger partial charge < -0.3 is 15.5 Å². The summed E-state index contributed by atoms with van der Waals surface area (Å²) in [6.45, 7) is 7.67. The third-order valence-corrected chi connectivity index (χ3v) is 4.71. The summed E-state index contributed by atoms with van der Waals surface area (Å²) < 4.78 is 0. The number of hydrogen-bond donors (Lipinski definition) is 2. The van der Waals surface area contributed by atoms with Crippen LogP contribution in [-0.2, 0) is 4.79 Å². The lowest BCUT2D eigenvalue weighted by molar-refractivity contribution is -0.133. The van der Waals surface area contributed by atoms with Gasteiger partial charge in [-0.2, -0.15) is 0 Å². The molecule has 2 aliphatic rings. The van der Waals surface area contributed by atoms with Crippen LogP contribution in [0.1, 0.15) is 52.4 Å². The van der Waals surface area contributed by atoms with Crippen molar-refractivity contribution in [1.29, 1.82) is 0 Å². The molecule has 19 heavy (non-hydrogen) atoms. The fourth-order valence-electron chi connectivity index (χ4n) is 3.39. The molecular weight excluding hydrogens is 238 g/mol. The average molecular weight is 267 g/mol. The standard InChI is InChI=1S/C15H29N3O/c1-3-18(13-7-5-4-6-8-13)14(19)11-17-15(2)9-10-16-12-15/h13,16-17H,3-12H2,1-2H3. The van der Waals surface area contributed by atoms with E-state index in [4.69, 9.17) is 0 Å². The van der Waals surface area contributed by atoms with Crippen LogP contribution < -0.4 is 10.6 Å². The summed E-state index contributed by atoms with van der Waals surface area (Å²) in [7, 11) is 0. The van der Waals surface area contributed by atoms with Gasteiger partial charge in [0, 0.05) is 24.7 Å². The number of nitrogens with zero attached hydrogens (tertiary/aromatic N) is 1. The topological polar surface area (TPSA) is 44.4 Å². The molecule has 0 radical (unpaired) electrons. The van der Waals surface area contributed by atoms with E-state index in [2.05, 4.69) is 29.4 Å². The maximum atomic E-state index is 12.4. The van der Waals surface area contributed by atoms with Crippen molar-refractivity contribution in [2.45, 2.75) is 64.0 Å². The van der Waals surface area contributed by atoms with Gasteiger partial charge in [0.05, 0.1) is 6.54 Å². The molecule has 0 aromatic rings. The van der Waals surface area contributed by atoms with Crippen LogP contribution in [0.25, 0.3) is 0 Å². The zero-order chi connectivity index (χ0) is 13.7. The van der Waals surface area contributed by atoms with Crippen molar-refractivity contribution in [1.82, 2.24) is 15.5 Å². The molecule has 2 fully saturated rings. The molecule has 2 N–H and O–H groups in total. The van der Waals surface area contributed by atoms with E-state index in [1.54, 1.807) is 0 Å². The Hall–Kier alpha value is -0.610. The normalized spacial score (nSPS) is 28.5. The van der Waals surface area contributed by atoms with E-state index in [1.165, 1.54) is 32.1 Å². The molecule has 110 valence electrons. The van der Waals surface area contributed by atoms with Crippen molar-refractivity contribution in [2.24, 2.45) is 0 Å². The number of likely N-dealkylation sites (N-methyl/N-ethyl adjacent to an activating group) is 1. The van der Waals surface area contributed by atoms with Gasteiger partial charge in [-0.25, -0.2) is 0 Å². The molecular formula is C15H29N3O. The Morgan fingerprint density at radius 3 is 2.68 bits per heavy atom. The zero-order valence-corrected chi connectivity index (χ0v) is 12.5. The first kappa shape index (κ1) is 14.8. The van der Waals surface area contributed by atoms with Crippen molar-refractivity contribution in [3.63, 3.8) is 0 Å². The second-order valence-corrected chi connectivity index (χ2v) is 6.31. The molecule has 1 aliphatic heterocycles. The van der Waals surface area contributed by atoms with Gasteiger partial charge >= 0.3 is 0 Å². The van der Waals surface area contributed by atoms with E-state index in [0.717, 1.165) is 26.1 Å². The maximum Gasteiger partial charge on any atom is 0.236 e. The number of carbonyl (C=O) groups is 1. The Bertz CT molecular complexity index is 294. The Labute approximate surface area is 117 Å². The highest BCUT2D eigenvalue weighted by Crippen LogP contribution is 2.22. The van der Waals surface area contributed by atoms with Gasteiger partial charge in [0.2, 0.25) is 5.91 Å². The molecule has 1 heterocycles. The molecule has 2 rings (SSSR count). The van der Waals surface area contributed by atoms with Crippen LogP contribution in [0.4, 0.5) is 0 Å². The van der Waals surface area contributed by atoms with Crippen LogP contribution in [0.3, 0.4) is 0 Å². The molecule has 4 heteroatoms. The highest BCUT2D eigenvalue weighted by Gasteiger charge is 2.30. The number of rotatable bonds is 5. The molecule has 1 amide bonds. The molecule has 1 unspecified atom stereocenters. The van der Waals surface area contributed by atoms with Crippen molar-refractivity contribution in [2.75, 3.05) is 26.2 Å². The van der Waals surface area contributed by atoms with Crippen LogP contribution in [0.2, 0.25) is 0 Å². The summed E-state index contributed by atoms with van der Waals surface area (Å²) >= 11 is 0. The quantitative estimate of drug-likeness (QED) is 0.793. The molecule has 0 aromatic heterocycles. The van der Waals surface area contributed by atoms with E-state index >= 15 is 0 Å². The fourth-order valence-corrected chi connectivity index (χ4v) is 3.39. The molecule has 0 aromatic carbocycles. The Kier molecular flexibility index (Phi) is 5.22. The molecule has 0 bridgehead atoms. The molecule has 1 saturated heterocycles. The van der Waals surface area contributed by atoms with Gasteiger partial charge in [-0.05, 0) is 39.7 Å². The van der Waals surface area contributed by atoms with Gasteiger partial charge in [-0.15, -0.1) is 0 Å². The lowest BCUT2D eigenvalue weighted by Crippen LogP contribution is -2.51. The Morgan fingerprint density at radius 1 is 1.37 bits per heavy atom. The van der Waals surface area contributed by atoms with E-state index < -0.39 is 0 Å². The van der Waals surface area contributed by atoms with Gasteiger partial charge in [0.15, 0.2) is 0 Å². The van der Waals surface area contributed by atoms with Crippen molar-refractivity contribution in [3.8, 4) is 0 Å². The van der Waals surface area contributed by atoms with Crippen LogP contribution in [0.5, 0.6) is 0 Å². The summed E-state index contributed by atoms with van der Waals surface area (Å²) in [5, 5.41) is 6.81. The third kappa shape index (κ3) is 3.93. The first-order valence-electron chi connectivity index (χ1n) is 7.90. The number of amides is 1. The van der Waals surface area contributed by atoms with E-state index in [-0.39, 0.29) is 11.4 Å². The molecule has 0 spiro atoms. The van der Waals surface area contributed by atoms with E-state index in [1.807, 2.05) is 0 Å². The molecule has 1 atom stereocenters. The average Bonchev–Trinajstić information content (AvgIpc) is 2.86. The van der Waals surface area contributed by atoms with E-state index in [9.17, 15) is 4.79 Å². The van der Waals surface area contributed by atoms with Crippen LogP contribution in [-0.4, -0.2) is 48.6 Å². The predicted molar refractivity (Wildman–Crippen MR) is 78.2 cm³/mol. The molecule has 1 aliphatic carbocycles. The zero-order valence-electron chi connectivity index (χ0n) is 12.5. The highest BCUT2D eigenvalue weighted by atomic mass is 16.2. The second kappa shape index (κ2) is 6.71. The van der Waals surface area contributed by atoms with Crippen molar-refractivity contribution < 1.29 is 4.79 Å². The minimum atomic E-state index is 0.0988. The summed E-state index contributed by atoms with van der Waals surface area (Å²) in [5.41, 5.74) is 0.0988. The number of hydrogen-bond acceptors (Lipinski definition) is 3. The Balaban J connectivity index is 1.82. The lowest BCUT2D eigenvalue weighted by Gasteiger charge is -2.35. The molecule has 4 nitrogen and oxygen atoms in total. The second-order valence-electron chi connectivity index (χ2n) is 6.31. The van der Waals surface area contributed by atoms with Gasteiger partial charge in [0.1, 0.15) is 0 Å². The SMILES string of the molecule is CCN(C(=O)CNC1(C)CCNC1)C1CCCCC1. The summed E-state index contributed by atoms with van der Waals surface area (Å²) in [6, 6.07) is 0.488. The van der Waals surface area contributed by atoms with E-state index in [0.29, 0.717) is 12.6 Å². The van der Waals surface area contributed by atoms with Crippen LogP contribution >= 0.6 is 0 Å². The van der Waals surface area contributed by atoms with Crippen molar-refractivity contribution >= 4 is 5.91 Å². The Morgan fingerprint density at radius 2 is 2.11 bits per heavy atom. The predicted octanol–water partition coefficient (Wildman–Crippen LogP) is 1.51. The first-order valence-corrected chi connectivity index (χ1v) is 7.90.